The number of nitrogens with two attached hydrogens (primary N) is 2. The van der Waals surface area contributed by atoms with Gasteiger partial charge in [-0.25, -0.2) is 9.47 Å². The van der Waals surface area contributed by atoms with Crippen LogP contribution in [-0.4, -0.2) is 16.6 Å². The van der Waals surface area contributed by atoms with E-state index in [1.165, 1.54) is 12.3 Å². The van der Waals surface area contributed by atoms with Crippen molar-refractivity contribution in [1.82, 2.24) is 4.68 Å². The predicted octanol–water partition coefficient (Wildman–Crippen LogP) is -0.551. The zero-order chi connectivity index (χ0) is 10.0. The summed E-state index contributed by atoms with van der Waals surface area (Å²) < 4.78 is 1.92. The van der Waals surface area contributed by atoms with Gasteiger partial charge >= 0.3 is 6.03 Å². The Morgan fingerprint density at radius 1 is 1.46 bits per heavy atom. The minimum absolute atomic E-state index is 0.133. The number of nitrogens with zero attached hydrogens (tertiary/aromatic N) is 2. The van der Waals surface area contributed by atoms with Gasteiger partial charge in [-0.3, -0.25) is 4.79 Å². The first-order chi connectivity index (χ1) is 6.04. The van der Waals surface area contributed by atoms with Gasteiger partial charge in [-0.1, -0.05) is 0 Å². The lowest BCUT2D eigenvalue weighted by Gasteiger charge is -2.15. The number of hydrogen-bond acceptors (Lipinski definition) is 3. The van der Waals surface area contributed by atoms with Gasteiger partial charge in [-0.05, 0) is 24.9 Å². The molecular formula is C6H8N4O2S. The number of thiol groups is 1. The van der Waals surface area contributed by atoms with Crippen molar-refractivity contribution in [3.63, 3.8) is 0 Å². The number of carbonyl (C=O) groups excluding carboxylic acids is 2. The molecule has 0 spiro atoms. The third-order valence-electron chi connectivity index (χ3n) is 1.38. The summed E-state index contributed by atoms with van der Waals surface area (Å²) in [4.78, 5) is 21.5. The van der Waals surface area contributed by atoms with Gasteiger partial charge in [0.15, 0.2) is 0 Å². The van der Waals surface area contributed by atoms with Crippen molar-refractivity contribution < 1.29 is 9.59 Å². The molecule has 0 aliphatic carbocycles. The number of primary amides is 2. The lowest BCUT2D eigenvalue weighted by Crippen LogP contribution is -2.38. The molecule has 1 rings (SSSR count). The Hall–Kier alpha value is -1.63. The maximum Gasteiger partial charge on any atom is 0.344 e. The lowest BCUT2D eigenvalue weighted by molar-refractivity contribution is 0.0992. The van der Waals surface area contributed by atoms with E-state index in [4.69, 9.17) is 11.5 Å². The molecule has 0 radical (unpaired) electrons. The van der Waals surface area contributed by atoms with E-state index in [9.17, 15) is 9.59 Å². The zero-order valence-electron chi connectivity index (χ0n) is 6.54. The van der Waals surface area contributed by atoms with Crippen molar-refractivity contribution in [3.8, 4) is 0 Å². The fourth-order valence-electron chi connectivity index (χ4n) is 0.839. The van der Waals surface area contributed by atoms with Gasteiger partial charge in [-0.2, -0.15) is 4.41 Å². The molecule has 0 unspecified atom stereocenters. The van der Waals surface area contributed by atoms with Gasteiger partial charge in [0.25, 0.3) is 5.91 Å². The molecule has 1 aromatic heterocycles. The van der Waals surface area contributed by atoms with E-state index >= 15 is 0 Å². The van der Waals surface area contributed by atoms with Crippen LogP contribution in [-0.2, 0) is 0 Å². The minimum Gasteiger partial charge on any atom is -0.364 e. The van der Waals surface area contributed by atoms with Crippen LogP contribution < -0.4 is 15.9 Å². The summed E-state index contributed by atoms with van der Waals surface area (Å²) in [5.74, 6) is -0.662. The highest BCUT2D eigenvalue weighted by Crippen LogP contribution is 2.04. The second-order valence-electron chi connectivity index (χ2n) is 2.23. The van der Waals surface area contributed by atoms with Gasteiger partial charge in [0.1, 0.15) is 5.69 Å². The molecule has 0 fully saturated rings. The maximum atomic E-state index is 10.8. The van der Waals surface area contributed by atoms with Gasteiger partial charge in [-0.15, -0.1) is 0 Å². The van der Waals surface area contributed by atoms with Crippen LogP contribution in [0.5, 0.6) is 0 Å². The van der Waals surface area contributed by atoms with E-state index in [0.717, 1.165) is 9.09 Å². The number of rotatable bonds is 2. The highest BCUT2D eigenvalue weighted by molar-refractivity contribution is 7.82. The first-order valence-corrected chi connectivity index (χ1v) is 3.70. The van der Waals surface area contributed by atoms with E-state index in [-0.39, 0.29) is 5.69 Å². The lowest BCUT2D eigenvalue weighted by atomic mass is 10.4. The molecule has 1 aromatic rings. The summed E-state index contributed by atoms with van der Waals surface area (Å²) in [5.41, 5.74) is 10.1. The molecule has 3 amide bonds. The van der Waals surface area contributed by atoms with Crippen LogP contribution in [0, 0.1) is 0 Å². The molecule has 6 nitrogen and oxygen atoms in total. The van der Waals surface area contributed by atoms with Crippen molar-refractivity contribution in [3.05, 3.63) is 24.0 Å². The molecule has 0 aromatic carbocycles. The summed E-state index contributed by atoms with van der Waals surface area (Å²) in [6.07, 6.45) is 1.44. The van der Waals surface area contributed by atoms with Crippen LogP contribution in [0.2, 0.25) is 0 Å². The monoisotopic (exact) mass is 200 g/mol. The highest BCUT2D eigenvalue weighted by atomic mass is 32.1. The van der Waals surface area contributed by atoms with Crippen LogP contribution in [0.15, 0.2) is 18.3 Å². The maximum absolute atomic E-state index is 10.8. The van der Waals surface area contributed by atoms with Crippen molar-refractivity contribution in [2.45, 2.75) is 0 Å². The summed E-state index contributed by atoms with van der Waals surface area (Å²) in [7, 11) is 0. The van der Waals surface area contributed by atoms with E-state index in [1.807, 2.05) is 0 Å². The Balaban J connectivity index is 3.07. The highest BCUT2D eigenvalue weighted by Gasteiger charge is 2.13. The second-order valence-corrected chi connectivity index (χ2v) is 2.61. The molecule has 4 N–H and O–H groups in total. The molecule has 70 valence electrons. The van der Waals surface area contributed by atoms with Gasteiger partial charge in [0.2, 0.25) is 0 Å². The molecule has 7 heteroatoms. The fourth-order valence-corrected chi connectivity index (χ4v) is 0.995. The number of aromatic nitrogens is 1. The molecule has 0 aliphatic rings. The average Bonchev–Trinajstić information content (AvgIpc) is 2.50. The topological polar surface area (TPSA) is 94.3 Å². The second kappa shape index (κ2) is 3.40. The van der Waals surface area contributed by atoms with Crippen LogP contribution >= 0.6 is 12.8 Å². The third-order valence-corrected chi connectivity index (χ3v) is 1.77. The Morgan fingerprint density at radius 2 is 2.08 bits per heavy atom. The van der Waals surface area contributed by atoms with Crippen molar-refractivity contribution in [1.29, 1.82) is 0 Å². The summed E-state index contributed by atoms with van der Waals surface area (Å²) in [6, 6.07) is 2.20. The Bertz CT molecular complexity index is 348. The normalized spacial score (nSPS) is 9.62. The summed E-state index contributed by atoms with van der Waals surface area (Å²) in [6.45, 7) is 0. The van der Waals surface area contributed by atoms with Crippen LogP contribution in [0.1, 0.15) is 10.5 Å². The Kier molecular flexibility index (Phi) is 2.47. The van der Waals surface area contributed by atoms with Crippen molar-refractivity contribution in [2.24, 2.45) is 11.5 Å². The number of urea groups is 1. The minimum atomic E-state index is -0.804. The van der Waals surface area contributed by atoms with Crippen LogP contribution in [0.3, 0.4) is 0 Å². The molecular weight excluding hydrogens is 192 g/mol. The predicted molar refractivity (Wildman–Crippen MR) is 49.7 cm³/mol. The van der Waals surface area contributed by atoms with Crippen molar-refractivity contribution >= 4 is 24.8 Å². The Morgan fingerprint density at radius 3 is 2.54 bits per heavy atom. The molecule has 1 heterocycles. The van der Waals surface area contributed by atoms with E-state index in [0.29, 0.717) is 0 Å². The van der Waals surface area contributed by atoms with Gasteiger partial charge < -0.3 is 11.5 Å². The number of hydrogen-bond donors (Lipinski definition) is 3. The van der Waals surface area contributed by atoms with Crippen LogP contribution in [0.4, 0.5) is 4.79 Å². The summed E-state index contributed by atoms with van der Waals surface area (Å²) >= 11 is 3.76. The molecule has 0 aliphatic heterocycles. The van der Waals surface area contributed by atoms with Gasteiger partial charge in [0, 0.05) is 6.20 Å². The molecule has 0 bridgehead atoms. The summed E-state index contributed by atoms with van der Waals surface area (Å²) in [5, 5.41) is 0. The first kappa shape index (κ1) is 9.46. The fraction of sp³-hybridized carbons (Fsp3) is 0. The van der Waals surface area contributed by atoms with E-state index in [2.05, 4.69) is 12.8 Å². The number of carbonyl (C=O) groups is 2. The van der Waals surface area contributed by atoms with E-state index in [1.54, 1.807) is 6.07 Å². The first-order valence-electron chi connectivity index (χ1n) is 3.30. The SMILES string of the molecule is NC(=O)c1cccn1N(S)C(N)=O. The molecule has 0 atom stereocenters. The Labute approximate surface area is 79.6 Å². The quantitative estimate of drug-likeness (QED) is 0.558. The van der Waals surface area contributed by atoms with E-state index < -0.39 is 11.9 Å². The van der Waals surface area contributed by atoms with Gasteiger partial charge in [0.05, 0.1) is 0 Å². The van der Waals surface area contributed by atoms with Crippen LogP contribution in [0.25, 0.3) is 0 Å². The zero-order valence-corrected chi connectivity index (χ0v) is 7.44. The van der Waals surface area contributed by atoms with Crippen molar-refractivity contribution in [2.75, 3.05) is 4.41 Å². The molecule has 13 heavy (non-hydrogen) atoms. The number of amides is 3. The smallest absolute Gasteiger partial charge is 0.344 e. The molecule has 0 saturated carbocycles. The largest absolute Gasteiger partial charge is 0.364 e. The third kappa shape index (κ3) is 1.75. The molecule has 0 saturated heterocycles. The standard InChI is InChI=1S/C6H8N4O2S/c7-5(11)4-2-1-3-9(4)10(13)6(8)12/h1-3,13H,(H2,7,11)(H2,8,12). The average molecular weight is 200 g/mol.